The fraction of sp³-hybridized carbons (Fsp3) is 0.100. The van der Waals surface area contributed by atoms with Crippen molar-refractivity contribution in [3.8, 4) is 0 Å². The maximum absolute atomic E-state index is 10.8. The van der Waals surface area contributed by atoms with Crippen molar-refractivity contribution < 1.29 is 9.90 Å². The molecule has 0 amide bonds. The molecular formula is C10H10N2O2. The highest BCUT2D eigenvalue weighted by Gasteiger charge is 2.07. The van der Waals surface area contributed by atoms with E-state index in [0.717, 1.165) is 0 Å². The van der Waals surface area contributed by atoms with E-state index in [2.05, 4.69) is 0 Å². The molecule has 2 aromatic heterocycles. The Kier molecular flexibility index (Phi) is 2.10. The van der Waals surface area contributed by atoms with Gasteiger partial charge in [-0.05, 0) is 24.3 Å². The minimum Gasteiger partial charge on any atom is -0.477 e. The summed E-state index contributed by atoms with van der Waals surface area (Å²) in [6, 6.07) is 7.13. The lowest BCUT2D eigenvalue weighted by Gasteiger charge is -2.06. The molecule has 0 saturated heterocycles. The first-order valence-corrected chi connectivity index (χ1v) is 4.26. The molecule has 0 aromatic carbocycles. The molecule has 2 rings (SSSR count). The fourth-order valence-electron chi connectivity index (χ4n) is 1.37. The maximum Gasteiger partial charge on any atom is 0.352 e. The molecular weight excluding hydrogens is 180 g/mol. The van der Waals surface area contributed by atoms with Crippen molar-refractivity contribution in [3.05, 3.63) is 48.5 Å². The first-order valence-electron chi connectivity index (χ1n) is 4.26. The van der Waals surface area contributed by atoms with Gasteiger partial charge in [-0.1, -0.05) is 0 Å². The van der Waals surface area contributed by atoms with Gasteiger partial charge < -0.3 is 14.2 Å². The Hall–Kier alpha value is -1.97. The predicted molar refractivity (Wildman–Crippen MR) is 51.2 cm³/mol. The average Bonchev–Trinajstić information content (AvgIpc) is 2.75. The first kappa shape index (κ1) is 8.62. The molecule has 0 aliphatic carbocycles. The molecule has 0 bridgehead atoms. The first-order chi connectivity index (χ1) is 6.77. The number of carboxylic acids is 1. The summed E-state index contributed by atoms with van der Waals surface area (Å²) < 4.78 is 3.59. The number of aromatic carboxylic acids is 1. The van der Waals surface area contributed by atoms with Gasteiger partial charge in [-0.25, -0.2) is 4.79 Å². The summed E-state index contributed by atoms with van der Waals surface area (Å²) >= 11 is 0. The van der Waals surface area contributed by atoms with Gasteiger partial charge in [0, 0.05) is 18.6 Å². The minimum atomic E-state index is -0.901. The summed E-state index contributed by atoms with van der Waals surface area (Å²) in [6.45, 7) is 0.529. The van der Waals surface area contributed by atoms with Crippen LogP contribution in [0.1, 0.15) is 10.5 Å². The molecule has 2 heterocycles. The van der Waals surface area contributed by atoms with Crippen molar-refractivity contribution in [1.82, 2.24) is 9.13 Å². The van der Waals surface area contributed by atoms with E-state index in [9.17, 15) is 4.79 Å². The Balaban J connectivity index is 2.25. The van der Waals surface area contributed by atoms with Crippen LogP contribution in [-0.2, 0) is 6.67 Å². The highest BCUT2D eigenvalue weighted by Crippen LogP contribution is 2.03. The van der Waals surface area contributed by atoms with Gasteiger partial charge in [-0.15, -0.1) is 0 Å². The van der Waals surface area contributed by atoms with Gasteiger partial charge in [0.1, 0.15) is 5.69 Å². The van der Waals surface area contributed by atoms with Crippen molar-refractivity contribution >= 4 is 5.97 Å². The number of carbonyl (C=O) groups is 1. The molecule has 0 spiro atoms. The van der Waals surface area contributed by atoms with Crippen LogP contribution >= 0.6 is 0 Å². The molecule has 0 saturated carbocycles. The molecule has 1 N–H and O–H groups in total. The summed E-state index contributed by atoms with van der Waals surface area (Å²) in [5, 5.41) is 8.85. The van der Waals surface area contributed by atoms with Crippen LogP contribution in [0.4, 0.5) is 0 Å². The molecule has 4 nitrogen and oxygen atoms in total. The topological polar surface area (TPSA) is 47.2 Å². The van der Waals surface area contributed by atoms with E-state index in [4.69, 9.17) is 5.11 Å². The third-order valence-electron chi connectivity index (χ3n) is 2.03. The van der Waals surface area contributed by atoms with Crippen LogP contribution in [0, 0.1) is 0 Å². The van der Waals surface area contributed by atoms with E-state index in [-0.39, 0.29) is 0 Å². The molecule has 2 aromatic rings. The Bertz CT molecular complexity index is 429. The van der Waals surface area contributed by atoms with E-state index >= 15 is 0 Å². The zero-order valence-corrected chi connectivity index (χ0v) is 7.50. The van der Waals surface area contributed by atoms with Crippen molar-refractivity contribution in [2.24, 2.45) is 0 Å². The second-order valence-corrected chi connectivity index (χ2v) is 3.01. The summed E-state index contributed by atoms with van der Waals surface area (Å²) in [5.74, 6) is -0.901. The van der Waals surface area contributed by atoms with E-state index in [1.54, 1.807) is 22.9 Å². The van der Waals surface area contributed by atoms with Gasteiger partial charge >= 0.3 is 5.97 Å². The SMILES string of the molecule is O=C(O)c1cccn1Cn1cccc1. The summed E-state index contributed by atoms with van der Waals surface area (Å²) in [6.07, 6.45) is 5.54. The molecule has 0 fully saturated rings. The lowest BCUT2D eigenvalue weighted by Crippen LogP contribution is -2.11. The van der Waals surface area contributed by atoms with Crippen molar-refractivity contribution in [2.75, 3.05) is 0 Å². The second kappa shape index (κ2) is 3.41. The monoisotopic (exact) mass is 190 g/mol. The van der Waals surface area contributed by atoms with Crippen LogP contribution in [-0.4, -0.2) is 20.2 Å². The fourth-order valence-corrected chi connectivity index (χ4v) is 1.37. The molecule has 0 atom stereocenters. The van der Waals surface area contributed by atoms with Crippen LogP contribution < -0.4 is 0 Å². The van der Waals surface area contributed by atoms with E-state index in [1.165, 1.54) is 0 Å². The van der Waals surface area contributed by atoms with Crippen LogP contribution in [0.15, 0.2) is 42.9 Å². The lowest BCUT2D eigenvalue weighted by molar-refractivity contribution is 0.0684. The Morgan fingerprint density at radius 1 is 1.21 bits per heavy atom. The average molecular weight is 190 g/mol. The van der Waals surface area contributed by atoms with Crippen LogP contribution in [0.3, 0.4) is 0 Å². The van der Waals surface area contributed by atoms with Crippen molar-refractivity contribution in [1.29, 1.82) is 0 Å². The molecule has 0 radical (unpaired) electrons. The zero-order valence-electron chi connectivity index (χ0n) is 7.50. The van der Waals surface area contributed by atoms with Crippen molar-refractivity contribution in [2.45, 2.75) is 6.67 Å². The normalized spacial score (nSPS) is 10.3. The quantitative estimate of drug-likeness (QED) is 0.797. The largest absolute Gasteiger partial charge is 0.477 e. The third kappa shape index (κ3) is 1.54. The van der Waals surface area contributed by atoms with Gasteiger partial charge in [-0.3, -0.25) is 0 Å². The van der Waals surface area contributed by atoms with E-state index < -0.39 is 5.97 Å². The Morgan fingerprint density at radius 3 is 2.57 bits per heavy atom. The number of hydrogen-bond acceptors (Lipinski definition) is 1. The zero-order chi connectivity index (χ0) is 9.97. The summed E-state index contributed by atoms with van der Waals surface area (Å²) in [4.78, 5) is 10.8. The van der Waals surface area contributed by atoms with Crippen LogP contribution in [0.5, 0.6) is 0 Å². The number of aromatic nitrogens is 2. The molecule has 0 aliphatic rings. The van der Waals surface area contributed by atoms with Gasteiger partial charge in [0.2, 0.25) is 0 Å². The smallest absolute Gasteiger partial charge is 0.352 e. The van der Waals surface area contributed by atoms with Gasteiger partial charge in [0.05, 0.1) is 6.67 Å². The van der Waals surface area contributed by atoms with E-state index in [0.29, 0.717) is 12.4 Å². The van der Waals surface area contributed by atoms with Crippen LogP contribution in [0.2, 0.25) is 0 Å². The highest BCUT2D eigenvalue weighted by atomic mass is 16.4. The Labute approximate surface area is 81.0 Å². The predicted octanol–water partition coefficient (Wildman–Crippen LogP) is 1.49. The summed E-state index contributed by atoms with van der Waals surface area (Å²) in [5.41, 5.74) is 0.304. The number of nitrogens with zero attached hydrogens (tertiary/aromatic N) is 2. The molecule has 14 heavy (non-hydrogen) atoms. The number of rotatable bonds is 3. The number of carboxylic acid groups (broad SMARTS) is 1. The van der Waals surface area contributed by atoms with Gasteiger partial charge in [0.25, 0.3) is 0 Å². The molecule has 4 heteroatoms. The van der Waals surface area contributed by atoms with Gasteiger partial charge in [-0.2, -0.15) is 0 Å². The Morgan fingerprint density at radius 2 is 1.93 bits per heavy atom. The molecule has 0 aliphatic heterocycles. The second-order valence-electron chi connectivity index (χ2n) is 3.01. The van der Waals surface area contributed by atoms with Gasteiger partial charge in [0.15, 0.2) is 0 Å². The maximum atomic E-state index is 10.8. The minimum absolute atomic E-state index is 0.304. The number of hydrogen-bond donors (Lipinski definition) is 1. The lowest BCUT2D eigenvalue weighted by atomic mass is 10.4. The molecule has 72 valence electrons. The standard InChI is InChI=1S/C10H10N2O2/c13-10(14)9-4-3-7-12(9)8-11-5-1-2-6-11/h1-7H,8H2,(H,13,14). The third-order valence-corrected chi connectivity index (χ3v) is 2.03. The summed E-state index contributed by atoms with van der Waals surface area (Å²) in [7, 11) is 0. The van der Waals surface area contributed by atoms with Crippen molar-refractivity contribution in [3.63, 3.8) is 0 Å². The van der Waals surface area contributed by atoms with Crippen LogP contribution in [0.25, 0.3) is 0 Å². The molecule has 0 unspecified atom stereocenters. The highest BCUT2D eigenvalue weighted by molar-refractivity contribution is 5.85. The van der Waals surface area contributed by atoms with E-state index in [1.807, 2.05) is 29.1 Å².